The second kappa shape index (κ2) is 5.69. The summed E-state index contributed by atoms with van der Waals surface area (Å²) in [7, 11) is 0. The molecule has 0 spiro atoms. The van der Waals surface area contributed by atoms with Gasteiger partial charge in [-0.15, -0.1) is 11.3 Å². The molecule has 0 fully saturated rings. The molecule has 20 heavy (non-hydrogen) atoms. The number of benzene rings is 1. The Morgan fingerprint density at radius 1 is 1.15 bits per heavy atom. The van der Waals surface area contributed by atoms with Crippen LogP contribution in [0.2, 0.25) is 0 Å². The lowest BCUT2D eigenvalue weighted by Crippen LogP contribution is -2.21. The maximum Gasteiger partial charge on any atom is 0.124 e. The highest BCUT2D eigenvalue weighted by Gasteiger charge is 2.09. The molecule has 0 aliphatic heterocycles. The van der Waals surface area contributed by atoms with Crippen LogP contribution in [0, 0.1) is 0 Å². The molecule has 0 unspecified atom stereocenters. The number of pyridine rings is 1. The number of thiazole rings is 1. The van der Waals surface area contributed by atoms with E-state index in [9.17, 15) is 0 Å². The molecule has 0 saturated carbocycles. The van der Waals surface area contributed by atoms with Crippen LogP contribution in [0.3, 0.4) is 0 Å². The summed E-state index contributed by atoms with van der Waals surface area (Å²) < 4.78 is 0. The molecule has 1 N–H and O–H groups in total. The van der Waals surface area contributed by atoms with Crippen molar-refractivity contribution in [2.45, 2.75) is 26.4 Å². The third-order valence-electron chi connectivity index (χ3n) is 3.12. The summed E-state index contributed by atoms with van der Waals surface area (Å²) >= 11 is 1.74. The van der Waals surface area contributed by atoms with Crippen molar-refractivity contribution in [2.75, 3.05) is 0 Å². The molecule has 0 saturated heterocycles. The number of rotatable bonds is 4. The largest absolute Gasteiger partial charge is 0.310 e. The summed E-state index contributed by atoms with van der Waals surface area (Å²) in [5.74, 6) is 0. The number of para-hydroxylation sites is 1. The summed E-state index contributed by atoms with van der Waals surface area (Å²) in [6, 6.07) is 10.7. The van der Waals surface area contributed by atoms with Crippen LogP contribution in [-0.2, 0) is 6.54 Å². The standard InChI is InChI=1S/C16H17N3S/c1-11(2)18-9-12-10-19-16(20-12)14-7-8-17-15-6-4-3-5-13(14)15/h3-8,10-11,18H,9H2,1-2H3. The molecule has 2 aromatic heterocycles. The van der Waals surface area contributed by atoms with Gasteiger partial charge in [0.2, 0.25) is 0 Å². The fourth-order valence-corrected chi connectivity index (χ4v) is 3.00. The number of hydrogen-bond acceptors (Lipinski definition) is 4. The highest BCUT2D eigenvalue weighted by atomic mass is 32.1. The van der Waals surface area contributed by atoms with Gasteiger partial charge in [0.05, 0.1) is 5.52 Å². The SMILES string of the molecule is CC(C)NCc1cnc(-c2ccnc3ccccc23)s1. The lowest BCUT2D eigenvalue weighted by molar-refractivity contribution is 0.593. The van der Waals surface area contributed by atoms with Gasteiger partial charge < -0.3 is 5.32 Å². The van der Waals surface area contributed by atoms with Gasteiger partial charge in [0.1, 0.15) is 5.01 Å². The van der Waals surface area contributed by atoms with Gasteiger partial charge in [-0.2, -0.15) is 0 Å². The molecule has 2 heterocycles. The van der Waals surface area contributed by atoms with Gasteiger partial charge in [0.25, 0.3) is 0 Å². The minimum absolute atomic E-state index is 0.488. The van der Waals surface area contributed by atoms with Gasteiger partial charge >= 0.3 is 0 Å². The monoisotopic (exact) mass is 283 g/mol. The van der Waals surface area contributed by atoms with E-state index in [1.165, 1.54) is 4.88 Å². The van der Waals surface area contributed by atoms with E-state index in [2.05, 4.69) is 35.2 Å². The average molecular weight is 283 g/mol. The first-order chi connectivity index (χ1) is 9.74. The van der Waals surface area contributed by atoms with Crippen molar-refractivity contribution in [3.8, 4) is 10.6 Å². The summed E-state index contributed by atoms with van der Waals surface area (Å²) in [4.78, 5) is 10.2. The van der Waals surface area contributed by atoms with E-state index in [0.29, 0.717) is 6.04 Å². The normalized spacial score (nSPS) is 11.3. The van der Waals surface area contributed by atoms with Gasteiger partial charge in [0.15, 0.2) is 0 Å². The lowest BCUT2D eigenvalue weighted by Gasteiger charge is -2.05. The Morgan fingerprint density at radius 3 is 2.85 bits per heavy atom. The van der Waals surface area contributed by atoms with E-state index in [1.54, 1.807) is 11.3 Å². The number of aromatic nitrogens is 2. The molecular weight excluding hydrogens is 266 g/mol. The summed E-state index contributed by atoms with van der Waals surface area (Å²) in [6.07, 6.45) is 3.82. The third kappa shape index (κ3) is 2.71. The maximum absolute atomic E-state index is 4.57. The number of nitrogens with zero attached hydrogens (tertiary/aromatic N) is 2. The Bertz CT molecular complexity index is 713. The molecule has 4 heteroatoms. The predicted octanol–water partition coefficient (Wildman–Crippen LogP) is 3.86. The average Bonchev–Trinajstić information content (AvgIpc) is 2.93. The Balaban J connectivity index is 1.95. The van der Waals surface area contributed by atoms with Crippen LogP contribution in [0.15, 0.2) is 42.7 Å². The second-order valence-electron chi connectivity index (χ2n) is 5.04. The summed E-state index contributed by atoms with van der Waals surface area (Å²) in [5, 5.41) is 5.64. The second-order valence-corrected chi connectivity index (χ2v) is 6.16. The van der Waals surface area contributed by atoms with Gasteiger partial charge in [-0.25, -0.2) is 4.98 Å². The lowest BCUT2D eigenvalue weighted by atomic mass is 10.1. The molecule has 0 bridgehead atoms. The Morgan fingerprint density at radius 2 is 2.00 bits per heavy atom. The number of fused-ring (bicyclic) bond motifs is 1. The molecule has 1 aromatic carbocycles. The van der Waals surface area contributed by atoms with Crippen molar-refractivity contribution in [3.05, 3.63) is 47.6 Å². The van der Waals surface area contributed by atoms with Crippen LogP contribution in [-0.4, -0.2) is 16.0 Å². The molecule has 0 radical (unpaired) electrons. The van der Waals surface area contributed by atoms with Crippen LogP contribution in [0.5, 0.6) is 0 Å². The number of hydrogen-bond donors (Lipinski definition) is 1. The van der Waals surface area contributed by atoms with Crippen LogP contribution >= 0.6 is 11.3 Å². The molecule has 102 valence electrons. The van der Waals surface area contributed by atoms with Crippen molar-refractivity contribution in [2.24, 2.45) is 0 Å². The predicted molar refractivity (Wildman–Crippen MR) is 84.8 cm³/mol. The maximum atomic E-state index is 4.57. The zero-order valence-electron chi connectivity index (χ0n) is 11.6. The van der Waals surface area contributed by atoms with Gasteiger partial charge in [-0.1, -0.05) is 32.0 Å². The van der Waals surface area contributed by atoms with Crippen molar-refractivity contribution in [1.82, 2.24) is 15.3 Å². The molecule has 3 rings (SSSR count). The third-order valence-corrected chi connectivity index (χ3v) is 4.15. The first-order valence-electron chi connectivity index (χ1n) is 6.76. The zero-order valence-corrected chi connectivity index (χ0v) is 12.4. The molecule has 0 aliphatic carbocycles. The topological polar surface area (TPSA) is 37.8 Å². The summed E-state index contributed by atoms with van der Waals surface area (Å²) in [5.41, 5.74) is 2.18. The van der Waals surface area contributed by atoms with Gasteiger partial charge in [-0.05, 0) is 12.1 Å². The first kappa shape index (κ1) is 13.2. The van der Waals surface area contributed by atoms with Crippen LogP contribution < -0.4 is 5.32 Å². The highest BCUT2D eigenvalue weighted by molar-refractivity contribution is 7.15. The van der Waals surface area contributed by atoms with Crippen LogP contribution in [0.4, 0.5) is 0 Å². The molecule has 3 aromatic rings. The van der Waals surface area contributed by atoms with Gasteiger partial charge in [0, 0.05) is 40.8 Å². The molecule has 0 atom stereocenters. The molecule has 0 amide bonds. The fraction of sp³-hybridized carbons (Fsp3) is 0.250. The smallest absolute Gasteiger partial charge is 0.124 e. The minimum atomic E-state index is 0.488. The molecular formula is C16H17N3S. The number of nitrogens with one attached hydrogen (secondary N) is 1. The quantitative estimate of drug-likeness (QED) is 0.790. The van der Waals surface area contributed by atoms with E-state index in [1.807, 2.05) is 36.7 Å². The minimum Gasteiger partial charge on any atom is -0.310 e. The molecule has 0 aliphatic rings. The zero-order chi connectivity index (χ0) is 13.9. The first-order valence-corrected chi connectivity index (χ1v) is 7.58. The summed E-state index contributed by atoms with van der Waals surface area (Å²) in [6.45, 7) is 5.18. The van der Waals surface area contributed by atoms with Crippen molar-refractivity contribution < 1.29 is 0 Å². The van der Waals surface area contributed by atoms with Crippen molar-refractivity contribution >= 4 is 22.2 Å². The Hall–Kier alpha value is -1.78. The Labute approximate surface area is 122 Å². The van der Waals surface area contributed by atoms with Crippen LogP contribution in [0.25, 0.3) is 21.5 Å². The van der Waals surface area contributed by atoms with Crippen molar-refractivity contribution in [1.29, 1.82) is 0 Å². The van der Waals surface area contributed by atoms with E-state index in [4.69, 9.17) is 0 Å². The fourth-order valence-electron chi connectivity index (χ4n) is 2.10. The van der Waals surface area contributed by atoms with Crippen molar-refractivity contribution in [3.63, 3.8) is 0 Å². The Kier molecular flexibility index (Phi) is 3.76. The highest BCUT2D eigenvalue weighted by Crippen LogP contribution is 2.30. The van der Waals surface area contributed by atoms with E-state index in [0.717, 1.165) is 28.0 Å². The van der Waals surface area contributed by atoms with E-state index >= 15 is 0 Å². The van der Waals surface area contributed by atoms with E-state index < -0.39 is 0 Å². The molecule has 3 nitrogen and oxygen atoms in total. The van der Waals surface area contributed by atoms with E-state index in [-0.39, 0.29) is 0 Å². The van der Waals surface area contributed by atoms with Crippen LogP contribution in [0.1, 0.15) is 18.7 Å². The van der Waals surface area contributed by atoms with Gasteiger partial charge in [-0.3, -0.25) is 4.98 Å².